The minimum atomic E-state index is -3.80. The standard InChI is InChI=1S/C12H16N2O5S/c1-12(2)6-8(12)7-13-20(18,19)9-3-4-11(15)10(5-9)14(16)17/h3-5,8,13,15H,6-7H2,1-2H3. The summed E-state index contributed by atoms with van der Waals surface area (Å²) in [6.07, 6.45) is 0.950. The van der Waals surface area contributed by atoms with Gasteiger partial charge in [-0.25, -0.2) is 13.1 Å². The smallest absolute Gasteiger partial charge is 0.312 e. The second-order valence-corrected chi connectivity index (χ2v) is 7.42. The Morgan fingerprint density at radius 1 is 1.50 bits per heavy atom. The van der Waals surface area contributed by atoms with Crippen molar-refractivity contribution in [2.75, 3.05) is 6.54 Å². The van der Waals surface area contributed by atoms with Crippen molar-refractivity contribution in [2.45, 2.75) is 25.2 Å². The van der Waals surface area contributed by atoms with Crippen LogP contribution in [0.2, 0.25) is 0 Å². The SMILES string of the molecule is CC1(C)CC1CNS(=O)(=O)c1ccc(O)c([N+](=O)[O-])c1. The molecule has 1 unspecified atom stereocenters. The molecular weight excluding hydrogens is 284 g/mol. The van der Waals surface area contributed by atoms with Crippen molar-refractivity contribution in [2.24, 2.45) is 11.3 Å². The summed E-state index contributed by atoms with van der Waals surface area (Å²) in [5.41, 5.74) is -0.483. The second kappa shape index (κ2) is 4.71. The maximum atomic E-state index is 12.0. The molecule has 1 saturated carbocycles. The molecule has 0 heterocycles. The number of hydrogen-bond acceptors (Lipinski definition) is 5. The lowest BCUT2D eigenvalue weighted by Crippen LogP contribution is -2.26. The number of phenols is 1. The zero-order valence-corrected chi connectivity index (χ0v) is 12.0. The number of nitrogens with zero attached hydrogens (tertiary/aromatic N) is 1. The van der Waals surface area contributed by atoms with Crippen LogP contribution in [0.4, 0.5) is 5.69 Å². The molecule has 1 fully saturated rings. The first-order valence-electron chi connectivity index (χ1n) is 6.10. The summed E-state index contributed by atoms with van der Waals surface area (Å²) in [4.78, 5) is 9.65. The van der Waals surface area contributed by atoms with E-state index in [0.717, 1.165) is 24.6 Å². The number of rotatable bonds is 5. The Morgan fingerprint density at radius 3 is 2.60 bits per heavy atom. The van der Waals surface area contributed by atoms with Crippen LogP contribution in [0, 0.1) is 21.4 Å². The molecule has 0 bridgehead atoms. The predicted molar refractivity (Wildman–Crippen MR) is 71.8 cm³/mol. The molecule has 8 heteroatoms. The molecule has 110 valence electrons. The molecule has 1 aromatic rings. The van der Waals surface area contributed by atoms with Crippen LogP contribution in [0.25, 0.3) is 0 Å². The Hall–Kier alpha value is -1.67. The van der Waals surface area contributed by atoms with Crippen molar-refractivity contribution in [3.63, 3.8) is 0 Å². The molecule has 0 aliphatic heterocycles. The molecule has 0 amide bonds. The zero-order chi connectivity index (χ0) is 15.1. The maximum absolute atomic E-state index is 12.0. The topological polar surface area (TPSA) is 110 Å². The predicted octanol–water partition coefficient (Wildman–Crippen LogP) is 1.62. The number of hydrogen-bond donors (Lipinski definition) is 2. The summed E-state index contributed by atoms with van der Waals surface area (Å²) in [6, 6.07) is 3.01. The fraction of sp³-hybridized carbons (Fsp3) is 0.500. The highest BCUT2D eigenvalue weighted by Gasteiger charge is 2.45. The van der Waals surface area contributed by atoms with E-state index < -0.39 is 26.4 Å². The molecule has 1 aromatic carbocycles. The molecule has 20 heavy (non-hydrogen) atoms. The maximum Gasteiger partial charge on any atom is 0.312 e. The van der Waals surface area contributed by atoms with Crippen LogP contribution in [0.1, 0.15) is 20.3 Å². The van der Waals surface area contributed by atoms with Gasteiger partial charge in [0.05, 0.1) is 9.82 Å². The van der Waals surface area contributed by atoms with E-state index in [-0.39, 0.29) is 16.2 Å². The third-order valence-corrected chi connectivity index (χ3v) is 5.11. The normalized spacial score (nSPS) is 20.6. The Bertz CT molecular complexity index is 654. The van der Waals surface area contributed by atoms with Crippen molar-refractivity contribution in [1.82, 2.24) is 4.72 Å². The highest BCUT2D eigenvalue weighted by Crippen LogP contribution is 2.51. The van der Waals surface area contributed by atoms with E-state index in [1.807, 2.05) is 0 Å². The first-order valence-corrected chi connectivity index (χ1v) is 7.59. The second-order valence-electron chi connectivity index (χ2n) is 5.65. The number of sulfonamides is 1. The van der Waals surface area contributed by atoms with Crippen LogP contribution >= 0.6 is 0 Å². The molecule has 2 rings (SSSR count). The molecule has 1 aliphatic carbocycles. The van der Waals surface area contributed by atoms with Crippen LogP contribution in [0.15, 0.2) is 23.1 Å². The minimum absolute atomic E-state index is 0.142. The molecule has 0 aromatic heterocycles. The number of phenolic OH excluding ortho intramolecular Hbond substituents is 1. The lowest BCUT2D eigenvalue weighted by Gasteiger charge is -2.08. The van der Waals surface area contributed by atoms with Gasteiger partial charge in [0, 0.05) is 12.6 Å². The minimum Gasteiger partial charge on any atom is -0.502 e. The van der Waals surface area contributed by atoms with Gasteiger partial charge in [0.1, 0.15) is 0 Å². The van der Waals surface area contributed by atoms with E-state index in [0.29, 0.717) is 6.54 Å². The summed E-state index contributed by atoms with van der Waals surface area (Å²) in [5.74, 6) is -0.276. The molecule has 2 N–H and O–H groups in total. The Balaban J connectivity index is 2.17. The van der Waals surface area contributed by atoms with Gasteiger partial charge in [0.15, 0.2) is 5.75 Å². The molecule has 7 nitrogen and oxygen atoms in total. The molecule has 0 spiro atoms. The van der Waals surface area contributed by atoms with Crippen LogP contribution < -0.4 is 4.72 Å². The van der Waals surface area contributed by atoms with E-state index in [9.17, 15) is 23.6 Å². The van der Waals surface area contributed by atoms with E-state index >= 15 is 0 Å². The highest BCUT2D eigenvalue weighted by molar-refractivity contribution is 7.89. The fourth-order valence-corrected chi connectivity index (χ4v) is 3.14. The number of nitro benzene ring substituents is 1. The fourth-order valence-electron chi connectivity index (χ4n) is 2.03. The Kier molecular flexibility index (Phi) is 3.47. The van der Waals surface area contributed by atoms with Crippen LogP contribution in [-0.2, 0) is 10.0 Å². The van der Waals surface area contributed by atoms with Crippen molar-refractivity contribution >= 4 is 15.7 Å². The van der Waals surface area contributed by atoms with Crippen LogP contribution in [-0.4, -0.2) is 25.0 Å². The van der Waals surface area contributed by atoms with Crippen LogP contribution in [0.3, 0.4) is 0 Å². The quantitative estimate of drug-likeness (QED) is 0.634. The lowest BCUT2D eigenvalue weighted by molar-refractivity contribution is -0.386. The van der Waals surface area contributed by atoms with Crippen molar-refractivity contribution in [3.05, 3.63) is 28.3 Å². The summed E-state index contributed by atoms with van der Waals surface area (Å²) in [5, 5.41) is 20.0. The van der Waals surface area contributed by atoms with Gasteiger partial charge in [-0.1, -0.05) is 13.8 Å². The van der Waals surface area contributed by atoms with Crippen LogP contribution in [0.5, 0.6) is 5.75 Å². The number of nitrogens with one attached hydrogen (secondary N) is 1. The Morgan fingerprint density at radius 2 is 2.10 bits per heavy atom. The number of nitro groups is 1. The van der Waals surface area contributed by atoms with E-state index in [4.69, 9.17) is 0 Å². The summed E-state index contributed by atoms with van der Waals surface area (Å²) >= 11 is 0. The summed E-state index contributed by atoms with van der Waals surface area (Å²) in [6.45, 7) is 4.42. The molecule has 1 aliphatic rings. The molecule has 0 radical (unpaired) electrons. The van der Waals surface area contributed by atoms with E-state index in [2.05, 4.69) is 18.6 Å². The third kappa shape index (κ3) is 2.91. The zero-order valence-electron chi connectivity index (χ0n) is 11.2. The van der Waals surface area contributed by atoms with Gasteiger partial charge >= 0.3 is 5.69 Å². The third-order valence-electron chi connectivity index (χ3n) is 3.69. The van der Waals surface area contributed by atoms with Gasteiger partial charge in [-0.2, -0.15) is 0 Å². The van der Waals surface area contributed by atoms with Gasteiger partial charge < -0.3 is 5.11 Å². The van der Waals surface area contributed by atoms with Gasteiger partial charge in [-0.3, -0.25) is 10.1 Å². The van der Waals surface area contributed by atoms with Crippen molar-refractivity contribution < 1.29 is 18.4 Å². The largest absolute Gasteiger partial charge is 0.502 e. The number of aromatic hydroxyl groups is 1. The first-order chi connectivity index (χ1) is 9.13. The van der Waals surface area contributed by atoms with Crippen molar-refractivity contribution in [1.29, 1.82) is 0 Å². The molecule has 1 atom stereocenters. The van der Waals surface area contributed by atoms with E-state index in [1.54, 1.807) is 0 Å². The average Bonchev–Trinajstić information content (AvgIpc) is 2.95. The lowest BCUT2D eigenvalue weighted by atomic mass is 10.1. The molecule has 0 saturated heterocycles. The first kappa shape index (κ1) is 14.7. The van der Waals surface area contributed by atoms with Gasteiger partial charge in [-0.05, 0) is 29.9 Å². The summed E-state index contributed by atoms with van der Waals surface area (Å²) in [7, 11) is -3.80. The Labute approximate surface area is 116 Å². The summed E-state index contributed by atoms with van der Waals surface area (Å²) < 4.78 is 26.5. The van der Waals surface area contributed by atoms with Crippen molar-refractivity contribution in [3.8, 4) is 5.75 Å². The van der Waals surface area contributed by atoms with Gasteiger partial charge in [0.2, 0.25) is 10.0 Å². The van der Waals surface area contributed by atoms with Gasteiger partial charge in [0.25, 0.3) is 0 Å². The highest BCUT2D eigenvalue weighted by atomic mass is 32.2. The molecular formula is C12H16N2O5S. The van der Waals surface area contributed by atoms with Gasteiger partial charge in [-0.15, -0.1) is 0 Å². The number of benzene rings is 1. The van der Waals surface area contributed by atoms with E-state index in [1.165, 1.54) is 0 Å². The monoisotopic (exact) mass is 300 g/mol. The average molecular weight is 300 g/mol.